The lowest BCUT2D eigenvalue weighted by molar-refractivity contribution is -0.385. The third kappa shape index (κ3) is 2.58. The van der Waals surface area contributed by atoms with E-state index in [-0.39, 0.29) is 23.3 Å². The second-order valence-corrected chi connectivity index (χ2v) is 6.09. The van der Waals surface area contributed by atoms with Crippen LogP contribution >= 0.6 is 0 Å². The molecule has 7 heteroatoms. The van der Waals surface area contributed by atoms with Crippen molar-refractivity contribution in [1.29, 1.82) is 0 Å². The molecule has 1 heterocycles. The first kappa shape index (κ1) is 15.2. The normalized spacial score (nSPS) is 19.4. The van der Waals surface area contributed by atoms with E-state index in [0.717, 1.165) is 23.7 Å². The molecule has 1 N–H and O–H groups in total. The van der Waals surface area contributed by atoms with E-state index >= 15 is 0 Å². The molecule has 0 saturated heterocycles. The molecule has 1 amide bonds. The fourth-order valence-corrected chi connectivity index (χ4v) is 3.21. The van der Waals surface area contributed by atoms with E-state index in [4.69, 9.17) is 0 Å². The summed E-state index contributed by atoms with van der Waals surface area (Å²) in [5.41, 5.74) is 3.13. The van der Waals surface area contributed by atoms with Crippen LogP contribution in [0.15, 0.2) is 24.4 Å². The summed E-state index contributed by atoms with van der Waals surface area (Å²) in [4.78, 5) is 23.0. The quantitative estimate of drug-likeness (QED) is 0.695. The minimum atomic E-state index is -0.585. The van der Waals surface area contributed by atoms with Crippen molar-refractivity contribution < 1.29 is 9.72 Å². The number of rotatable bonds is 3. The summed E-state index contributed by atoms with van der Waals surface area (Å²) >= 11 is 0. The highest BCUT2D eigenvalue weighted by Gasteiger charge is 2.33. The highest BCUT2D eigenvalue weighted by molar-refractivity contribution is 5.96. The number of fused-ring (bicyclic) bond motifs is 1. The van der Waals surface area contributed by atoms with E-state index in [1.54, 1.807) is 0 Å². The number of amides is 1. The van der Waals surface area contributed by atoms with E-state index < -0.39 is 10.8 Å². The molecule has 1 aromatic heterocycles. The number of hydrogen-bond acceptors (Lipinski definition) is 4. The highest BCUT2D eigenvalue weighted by atomic mass is 16.6. The molecule has 0 spiro atoms. The Labute approximate surface area is 133 Å². The molecule has 0 unspecified atom stereocenters. The molecular weight excluding hydrogens is 296 g/mol. The highest BCUT2D eigenvalue weighted by Crippen LogP contribution is 2.36. The second kappa shape index (κ2) is 5.49. The van der Waals surface area contributed by atoms with Crippen LogP contribution in [0.25, 0.3) is 0 Å². The average Bonchev–Trinajstić information content (AvgIpc) is 3.01. The molecule has 1 aliphatic carbocycles. The Kier molecular flexibility index (Phi) is 3.63. The number of aryl methyl sites for hydroxylation is 2. The molecular formula is C16H18N4O3. The van der Waals surface area contributed by atoms with E-state index in [0.29, 0.717) is 0 Å². The van der Waals surface area contributed by atoms with Crippen molar-refractivity contribution >= 4 is 11.6 Å². The van der Waals surface area contributed by atoms with Crippen molar-refractivity contribution in [3.8, 4) is 0 Å². The van der Waals surface area contributed by atoms with Gasteiger partial charge in [-0.3, -0.25) is 19.6 Å². The molecule has 1 aliphatic rings. The predicted molar refractivity (Wildman–Crippen MR) is 84.1 cm³/mol. The Hall–Kier alpha value is -2.70. The molecule has 23 heavy (non-hydrogen) atoms. The van der Waals surface area contributed by atoms with Crippen LogP contribution < -0.4 is 5.32 Å². The maximum Gasteiger partial charge on any atom is 0.320 e. The Bertz CT molecular complexity index is 797. The summed E-state index contributed by atoms with van der Waals surface area (Å²) in [5.74, 6) is -0.231. The van der Waals surface area contributed by atoms with Crippen LogP contribution in [0.5, 0.6) is 0 Å². The zero-order chi connectivity index (χ0) is 16.7. The first-order valence-electron chi connectivity index (χ1n) is 7.45. The third-order valence-corrected chi connectivity index (χ3v) is 4.37. The fraction of sp³-hybridized carbons (Fsp3) is 0.375. The van der Waals surface area contributed by atoms with Gasteiger partial charge in [0.15, 0.2) is 0 Å². The van der Waals surface area contributed by atoms with Gasteiger partial charge in [-0.15, -0.1) is 0 Å². The van der Waals surface area contributed by atoms with E-state index in [1.807, 2.05) is 6.92 Å². The summed E-state index contributed by atoms with van der Waals surface area (Å²) in [6.07, 6.45) is 1.99. The van der Waals surface area contributed by atoms with Gasteiger partial charge in [-0.2, -0.15) is 5.10 Å². The summed E-state index contributed by atoms with van der Waals surface area (Å²) in [6, 6.07) is 6.06. The van der Waals surface area contributed by atoms with Gasteiger partial charge < -0.3 is 5.32 Å². The van der Waals surface area contributed by atoms with Gasteiger partial charge in [0.05, 0.1) is 11.0 Å². The number of nitro groups is 1. The van der Waals surface area contributed by atoms with Crippen LogP contribution in [0.2, 0.25) is 0 Å². The first-order valence-corrected chi connectivity index (χ1v) is 7.45. The largest absolute Gasteiger partial charge is 0.343 e. The summed E-state index contributed by atoms with van der Waals surface area (Å²) in [5, 5.41) is 17.8. The van der Waals surface area contributed by atoms with Crippen molar-refractivity contribution in [2.45, 2.75) is 26.3 Å². The van der Waals surface area contributed by atoms with Crippen molar-refractivity contribution in [3.63, 3.8) is 0 Å². The number of aromatic nitrogens is 2. The van der Waals surface area contributed by atoms with Gasteiger partial charge in [-0.25, -0.2) is 0 Å². The van der Waals surface area contributed by atoms with Crippen LogP contribution in [-0.4, -0.2) is 20.6 Å². The van der Waals surface area contributed by atoms with Gasteiger partial charge >= 0.3 is 5.69 Å². The van der Waals surface area contributed by atoms with E-state index in [1.165, 1.54) is 17.3 Å². The number of benzene rings is 1. The maximum absolute atomic E-state index is 12.6. The molecule has 1 aromatic carbocycles. The molecule has 0 saturated carbocycles. The van der Waals surface area contributed by atoms with Crippen molar-refractivity contribution in [3.05, 3.63) is 56.9 Å². The van der Waals surface area contributed by atoms with Crippen molar-refractivity contribution in [2.24, 2.45) is 13.0 Å². The lowest BCUT2D eigenvalue weighted by Gasteiger charge is -2.19. The van der Waals surface area contributed by atoms with E-state index in [9.17, 15) is 14.9 Å². The van der Waals surface area contributed by atoms with Crippen molar-refractivity contribution in [2.75, 3.05) is 0 Å². The average molecular weight is 314 g/mol. The topological polar surface area (TPSA) is 90.1 Å². The summed E-state index contributed by atoms with van der Waals surface area (Å²) < 4.78 is 1.24. The monoisotopic (exact) mass is 314 g/mol. The SMILES string of the molecule is Cc1ccc2c(c1)[C@H](NC(=O)c1c([N+](=O)[O-])cnn1C)[C@H](C)C2. The Morgan fingerprint density at radius 1 is 1.48 bits per heavy atom. The smallest absolute Gasteiger partial charge is 0.320 e. The van der Waals surface area contributed by atoms with Gasteiger partial charge in [0.1, 0.15) is 6.20 Å². The number of nitrogens with zero attached hydrogens (tertiary/aromatic N) is 3. The van der Waals surface area contributed by atoms with Crippen molar-refractivity contribution in [1.82, 2.24) is 15.1 Å². The fourth-order valence-electron chi connectivity index (χ4n) is 3.21. The number of carbonyl (C=O) groups excluding carboxylic acids is 1. The van der Waals surface area contributed by atoms with Gasteiger partial charge in [-0.1, -0.05) is 30.7 Å². The Balaban J connectivity index is 1.91. The lowest BCUT2D eigenvalue weighted by atomic mass is 10.0. The van der Waals surface area contributed by atoms with Crippen LogP contribution in [-0.2, 0) is 13.5 Å². The van der Waals surface area contributed by atoms with Gasteiger partial charge in [-0.05, 0) is 30.4 Å². The van der Waals surface area contributed by atoms with E-state index in [2.05, 4.69) is 35.5 Å². The Morgan fingerprint density at radius 2 is 2.22 bits per heavy atom. The Morgan fingerprint density at radius 3 is 2.91 bits per heavy atom. The van der Waals surface area contributed by atoms with Gasteiger partial charge in [0, 0.05) is 7.05 Å². The molecule has 2 atom stereocenters. The second-order valence-electron chi connectivity index (χ2n) is 6.09. The standard InChI is InChI=1S/C16H18N4O3/c1-9-4-5-11-7-10(2)14(12(11)6-9)18-16(21)15-13(20(22)23)8-17-19(15)3/h4-6,8,10,14H,7H2,1-3H3,(H,18,21)/t10-,14-/m1/s1. The number of nitrogens with one attached hydrogen (secondary N) is 1. The molecule has 0 bridgehead atoms. The molecule has 0 fully saturated rings. The van der Waals surface area contributed by atoms with Gasteiger partial charge in [0.25, 0.3) is 5.91 Å². The minimum absolute atomic E-state index is 0.0247. The molecule has 2 aromatic rings. The zero-order valence-electron chi connectivity index (χ0n) is 13.2. The van der Waals surface area contributed by atoms with Crippen LogP contribution in [0.4, 0.5) is 5.69 Å². The molecule has 0 aliphatic heterocycles. The molecule has 3 rings (SSSR count). The molecule has 0 radical (unpaired) electrons. The minimum Gasteiger partial charge on any atom is -0.343 e. The lowest BCUT2D eigenvalue weighted by Crippen LogP contribution is -2.32. The number of carbonyl (C=O) groups is 1. The van der Waals surface area contributed by atoms with Gasteiger partial charge in [0.2, 0.25) is 5.69 Å². The van der Waals surface area contributed by atoms with Crippen LogP contribution in [0.1, 0.15) is 40.1 Å². The van der Waals surface area contributed by atoms with Crippen LogP contribution in [0, 0.1) is 23.0 Å². The molecule has 7 nitrogen and oxygen atoms in total. The zero-order valence-corrected chi connectivity index (χ0v) is 13.2. The number of hydrogen-bond donors (Lipinski definition) is 1. The van der Waals surface area contributed by atoms with Crippen LogP contribution in [0.3, 0.4) is 0 Å². The summed E-state index contributed by atoms with van der Waals surface area (Å²) in [6.45, 7) is 4.08. The maximum atomic E-state index is 12.6. The summed E-state index contributed by atoms with van der Waals surface area (Å²) in [7, 11) is 1.53. The first-order chi connectivity index (χ1) is 10.9. The predicted octanol–water partition coefficient (Wildman–Crippen LogP) is 2.30. The third-order valence-electron chi connectivity index (χ3n) is 4.37. The molecule has 120 valence electrons.